The number of halogens is 1. The molecule has 0 aliphatic carbocycles. The first-order chi connectivity index (χ1) is 11.4. The molecule has 130 valence electrons. The van der Waals surface area contributed by atoms with Crippen LogP contribution in [0.4, 0.5) is 0 Å². The summed E-state index contributed by atoms with van der Waals surface area (Å²) in [6.45, 7) is 2.45. The number of hydrogen-bond donors (Lipinski definition) is 1. The van der Waals surface area contributed by atoms with Crippen LogP contribution in [0.15, 0.2) is 18.2 Å². The van der Waals surface area contributed by atoms with Crippen molar-refractivity contribution in [3.05, 3.63) is 38.8 Å². The van der Waals surface area contributed by atoms with Crippen LogP contribution in [0.5, 0.6) is 0 Å². The summed E-state index contributed by atoms with van der Waals surface area (Å²) in [5.74, 6) is -0.00283. The molecule has 1 aliphatic heterocycles. The third-order valence-corrected chi connectivity index (χ3v) is 5.20. The zero-order valence-electron chi connectivity index (χ0n) is 13.8. The standard InChI is InChI=1S/C16H21ClN4O2S/c1-19(2)10-13(22)12-8-11-9-20(6-3-7-21(11)18-12)16(23)14-4-5-15(17)24-14/h4-5,8,13,22H,3,6-7,9-10H2,1-2H3/t13-/m1/s1. The van der Waals surface area contributed by atoms with Gasteiger partial charge >= 0.3 is 0 Å². The Morgan fingerprint density at radius 1 is 1.46 bits per heavy atom. The van der Waals surface area contributed by atoms with Gasteiger partial charge in [0.2, 0.25) is 0 Å². The van der Waals surface area contributed by atoms with Gasteiger partial charge < -0.3 is 14.9 Å². The van der Waals surface area contributed by atoms with E-state index in [0.29, 0.717) is 34.5 Å². The zero-order chi connectivity index (χ0) is 17.3. The van der Waals surface area contributed by atoms with Crippen molar-refractivity contribution in [2.24, 2.45) is 0 Å². The topological polar surface area (TPSA) is 61.6 Å². The first-order valence-corrected chi connectivity index (χ1v) is 9.07. The highest BCUT2D eigenvalue weighted by Crippen LogP contribution is 2.25. The molecule has 1 atom stereocenters. The van der Waals surface area contributed by atoms with Crippen LogP contribution in [0.3, 0.4) is 0 Å². The minimum atomic E-state index is -0.625. The Balaban J connectivity index is 1.77. The molecule has 0 spiro atoms. The highest BCUT2D eigenvalue weighted by molar-refractivity contribution is 7.17. The lowest BCUT2D eigenvalue weighted by molar-refractivity contribution is 0.0750. The lowest BCUT2D eigenvalue weighted by Gasteiger charge is -2.19. The summed E-state index contributed by atoms with van der Waals surface area (Å²) in [7, 11) is 3.83. The molecule has 1 N–H and O–H groups in total. The van der Waals surface area contributed by atoms with Crippen molar-refractivity contribution < 1.29 is 9.90 Å². The molecule has 2 aromatic heterocycles. The van der Waals surface area contributed by atoms with E-state index in [2.05, 4.69) is 5.10 Å². The summed E-state index contributed by atoms with van der Waals surface area (Å²) in [5.41, 5.74) is 1.61. The van der Waals surface area contributed by atoms with Crippen LogP contribution in [-0.4, -0.2) is 57.8 Å². The van der Waals surface area contributed by atoms with Gasteiger partial charge in [0.15, 0.2) is 0 Å². The Morgan fingerprint density at radius 2 is 2.25 bits per heavy atom. The molecular formula is C16H21ClN4O2S. The number of aryl methyl sites for hydroxylation is 1. The van der Waals surface area contributed by atoms with E-state index < -0.39 is 6.10 Å². The van der Waals surface area contributed by atoms with Crippen molar-refractivity contribution >= 4 is 28.8 Å². The number of hydrogen-bond acceptors (Lipinski definition) is 5. The van der Waals surface area contributed by atoms with Gasteiger partial charge in [-0.05, 0) is 38.7 Å². The smallest absolute Gasteiger partial charge is 0.264 e. The molecule has 0 bridgehead atoms. The van der Waals surface area contributed by atoms with Crippen LogP contribution < -0.4 is 0 Å². The maximum absolute atomic E-state index is 12.7. The number of thiophene rings is 1. The summed E-state index contributed by atoms with van der Waals surface area (Å²) in [5, 5.41) is 14.8. The minimum Gasteiger partial charge on any atom is -0.385 e. The van der Waals surface area contributed by atoms with Crippen molar-refractivity contribution in [1.29, 1.82) is 0 Å². The van der Waals surface area contributed by atoms with Gasteiger partial charge in [0.25, 0.3) is 5.91 Å². The van der Waals surface area contributed by atoms with Gasteiger partial charge in [-0.25, -0.2) is 0 Å². The molecule has 0 saturated heterocycles. The summed E-state index contributed by atoms with van der Waals surface area (Å²) in [6.07, 6.45) is 0.211. The minimum absolute atomic E-state index is 0.00283. The molecule has 1 amide bonds. The number of aliphatic hydroxyl groups excluding tert-OH is 1. The van der Waals surface area contributed by atoms with Crippen molar-refractivity contribution in [2.75, 3.05) is 27.2 Å². The van der Waals surface area contributed by atoms with Crippen molar-refractivity contribution in [3.8, 4) is 0 Å². The van der Waals surface area contributed by atoms with Gasteiger partial charge in [0.05, 0.1) is 27.1 Å². The fourth-order valence-corrected chi connectivity index (χ4v) is 3.86. The molecule has 2 aromatic rings. The van der Waals surface area contributed by atoms with Crippen LogP contribution in [0.1, 0.15) is 33.6 Å². The monoisotopic (exact) mass is 368 g/mol. The highest BCUT2D eigenvalue weighted by Gasteiger charge is 2.24. The molecule has 0 unspecified atom stereocenters. The predicted octanol–water partition coefficient (Wildman–Crippen LogP) is 2.24. The van der Waals surface area contributed by atoms with Crippen LogP contribution in [-0.2, 0) is 13.1 Å². The fourth-order valence-electron chi connectivity index (χ4n) is 2.85. The van der Waals surface area contributed by atoms with Crippen LogP contribution in [0.2, 0.25) is 4.34 Å². The van der Waals surface area contributed by atoms with E-state index >= 15 is 0 Å². The maximum atomic E-state index is 12.7. The molecular weight excluding hydrogens is 348 g/mol. The normalized spacial score (nSPS) is 16.1. The SMILES string of the molecule is CN(C)C[C@@H](O)c1cc2n(n1)CCCN(C(=O)c1ccc(Cl)s1)C2. The molecule has 1 aliphatic rings. The third-order valence-electron chi connectivity index (χ3n) is 3.98. The van der Waals surface area contributed by atoms with E-state index in [4.69, 9.17) is 11.6 Å². The molecule has 0 aromatic carbocycles. The van der Waals surface area contributed by atoms with Crippen LogP contribution in [0.25, 0.3) is 0 Å². The number of aromatic nitrogens is 2. The third kappa shape index (κ3) is 3.80. The second kappa shape index (κ2) is 7.23. The molecule has 3 heterocycles. The van der Waals surface area contributed by atoms with Gasteiger partial charge in [-0.3, -0.25) is 9.48 Å². The van der Waals surface area contributed by atoms with E-state index in [1.165, 1.54) is 11.3 Å². The summed E-state index contributed by atoms with van der Waals surface area (Å²) in [6, 6.07) is 5.42. The van der Waals surface area contributed by atoms with E-state index in [9.17, 15) is 9.90 Å². The van der Waals surface area contributed by atoms with Crippen molar-refractivity contribution in [1.82, 2.24) is 19.6 Å². The van der Waals surface area contributed by atoms with Gasteiger partial charge in [0.1, 0.15) is 6.10 Å². The van der Waals surface area contributed by atoms with Crippen molar-refractivity contribution in [3.63, 3.8) is 0 Å². The number of nitrogens with zero attached hydrogens (tertiary/aromatic N) is 4. The van der Waals surface area contributed by atoms with Crippen LogP contribution >= 0.6 is 22.9 Å². The van der Waals surface area contributed by atoms with E-state index in [-0.39, 0.29) is 5.91 Å². The summed E-state index contributed by atoms with van der Waals surface area (Å²) in [4.78, 5) is 17.1. The Morgan fingerprint density at radius 3 is 2.92 bits per heavy atom. The molecule has 8 heteroatoms. The van der Waals surface area contributed by atoms with Crippen LogP contribution in [0, 0.1) is 0 Å². The van der Waals surface area contributed by atoms with Gasteiger partial charge in [-0.2, -0.15) is 5.10 Å². The average Bonchev–Trinajstić information content (AvgIpc) is 3.07. The summed E-state index contributed by atoms with van der Waals surface area (Å²) < 4.78 is 2.52. The van der Waals surface area contributed by atoms with Crippen molar-refractivity contribution in [2.45, 2.75) is 25.6 Å². The largest absolute Gasteiger partial charge is 0.385 e. The van der Waals surface area contributed by atoms with E-state index in [1.54, 1.807) is 12.1 Å². The molecule has 24 heavy (non-hydrogen) atoms. The highest BCUT2D eigenvalue weighted by atomic mass is 35.5. The lowest BCUT2D eigenvalue weighted by atomic mass is 10.2. The lowest BCUT2D eigenvalue weighted by Crippen LogP contribution is -2.30. The number of amides is 1. The molecule has 0 saturated carbocycles. The second-order valence-electron chi connectivity index (χ2n) is 6.25. The van der Waals surface area contributed by atoms with E-state index in [0.717, 1.165) is 18.7 Å². The number of aliphatic hydroxyl groups is 1. The Labute approximate surface area is 150 Å². The fraction of sp³-hybridized carbons (Fsp3) is 0.500. The number of carbonyl (C=O) groups is 1. The second-order valence-corrected chi connectivity index (χ2v) is 7.96. The Bertz CT molecular complexity index is 727. The van der Waals surface area contributed by atoms with E-state index in [1.807, 2.05) is 34.6 Å². The van der Waals surface area contributed by atoms with Gasteiger partial charge in [-0.15, -0.1) is 11.3 Å². The molecule has 0 radical (unpaired) electrons. The molecule has 6 nitrogen and oxygen atoms in total. The number of carbonyl (C=O) groups excluding carboxylic acids is 1. The average molecular weight is 369 g/mol. The zero-order valence-corrected chi connectivity index (χ0v) is 15.3. The number of likely N-dealkylation sites (N-methyl/N-ethyl adjacent to an activating group) is 1. The first-order valence-electron chi connectivity index (χ1n) is 7.88. The number of fused-ring (bicyclic) bond motifs is 1. The van der Waals surface area contributed by atoms with Gasteiger partial charge in [-0.1, -0.05) is 11.6 Å². The maximum Gasteiger partial charge on any atom is 0.264 e. The summed E-state index contributed by atoms with van der Waals surface area (Å²) >= 11 is 7.24. The number of rotatable bonds is 4. The Hall–Kier alpha value is -1.41. The Kier molecular flexibility index (Phi) is 5.24. The predicted molar refractivity (Wildman–Crippen MR) is 94.4 cm³/mol. The molecule has 3 rings (SSSR count). The first kappa shape index (κ1) is 17.4. The quantitative estimate of drug-likeness (QED) is 0.899. The molecule has 0 fully saturated rings. The van der Waals surface area contributed by atoms with Gasteiger partial charge in [0, 0.05) is 19.6 Å².